The number of pyridine rings is 2. The van der Waals surface area contributed by atoms with Crippen molar-refractivity contribution in [2.24, 2.45) is 0 Å². The second-order valence-corrected chi connectivity index (χ2v) is 10.4. The van der Waals surface area contributed by atoms with Gasteiger partial charge in [-0.2, -0.15) is 10.2 Å². The Kier molecular flexibility index (Phi) is 8.31. The third kappa shape index (κ3) is 6.23. The van der Waals surface area contributed by atoms with Crippen LogP contribution < -0.4 is 5.32 Å². The summed E-state index contributed by atoms with van der Waals surface area (Å²) in [6.45, 7) is 10.3. The highest BCUT2D eigenvalue weighted by Crippen LogP contribution is 2.31. The molecule has 1 aliphatic heterocycles. The number of nitrogens with one attached hydrogen (secondary N) is 3. The van der Waals surface area contributed by atoms with Crippen molar-refractivity contribution >= 4 is 40.0 Å². The van der Waals surface area contributed by atoms with Crippen LogP contribution in [0.25, 0.3) is 33.1 Å². The summed E-state index contributed by atoms with van der Waals surface area (Å²) in [6, 6.07) is 12.6. The molecule has 1 aliphatic rings. The zero-order valence-electron chi connectivity index (χ0n) is 23.2. The normalized spacial score (nSPS) is 16.0. The summed E-state index contributed by atoms with van der Waals surface area (Å²) in [6.07, 6.45) is 5.25. The number of nitrogens with zero attached hydrogens (tertiary/aromatic N) is 6. The van der Waals surface area contributed by atoms with Gasteiger partial charge >= 0.3 is 0 Å². The monoisotopic (exact) mass is 555 g/mol. The summed E-state index contributed by atoms with van der Waals surface area (Å²) in [5.74, 6) is -0.257. The first kappa shape index (κ1) is 27.9. The van der Waals surface area contributed by atoms with Crippen LogP contribution in [0, 0.1) is 0 Å². The van der Waals surface area contributed by atoms with Crippen LogP contribution in [0.15, 0.2) is 55.0 Å². The molecule has 41 heavy (non-hydrogen) atoms. The number of aromatic nitrogens is 6. The Balaban J connectivity index is 0.00000108. The van der Waals surface area contributed by atoms with Gasteiger partial charge in [0.15, 0.2) is 5.65 Å². The summed E-state index contributed by atoms with van der Waals surface area (Å²) >= 11 is 0. The van der Waals surface area contributed by atoms with Crippen molar-refractivity contribution in [2.75, 3.05) is 25.0 Å². The number of H-pyrrole nitrogens is 2. The Morgan fingerprint density at radius 3 is 2.71 bits per heavy atom. The van der Waals surface area contributed by atoms with Gasteiger partial charge in [-0.25, -0.2) is 9.97 Å². The second-order valence-electron chi connectivity index (χ2n) is 10.4. The molecule has 1 aromatic carbocycles. The number of hydrogen-bond acceptors (Lipinski definition) is 8. The van der Waals surface area contributed by atoms with Crippen molar-refractivity contribution < 1.29 is 14.7 Å². The van der Waals surface area contributed by atoms with Crippen molar-refractivity contribution in [1.29, 1.82) is 0 Å². The van der Waals surface area contributed by atoms with Gasteiger partial charge in [0.1, 0.15) is 5.69 Å². The van der Waals surface area contributed by atoms with Gasteiger partial charge in [-0.15, -0.1) is 0 Å². The lowest BCUT2D eigenvalue weighted by Gasteiger charge is -2.42. The summed E-state index contributed by atoms with van der Waals surface area (Å²) < 4.78 is 0. The molecule has 1 saturated heterocycles. The van der Waals surface area contributed by atoms with E-state index in [9.17, 15) is 4.79 Å². The van der Waals surface area contributed by atoms with Crippen LogP contribution in [0.5, 0.6) is 0 Å². The van der Waals surface area contributed by atoms with E-state index >= 15 is 0 Å². The van der Waals surface area contributed by atoms with E-state index in [4.69, 9.17) is 14.9 Å². The lowest BCUT2D eigenvalue weighted by atomic mass is 10.0. The first-order valence-corrected chi connectivity index (χ1v) is 13.5. The number of piperazine rings is 1. The Labute approximate surface area is 236 Å². The second kappa shape index (κ2) is 12.2. The minimum absolute atomic E-state index is 0.250. The van der Waals surface area contributed by atoms with Crippen molar-refractivity contribution in [3.05, 3.63) is 66.4 Å². The maximum Gasteiger partial charge on any atom is 0.290 e. The number of benzene rings is 1. The molecular formula is C29H33N9O3. The number of carbonyl (C=O) groups is 2. The quantitative estimate of drug-likeness (QED) is 0.229. The van der Waals surface area contributed by atoms with Crippen molar-refractivity contribution in [2.45, 2.75) is 39.4 Å². The molecule has 4 N–H and O–H groups in total. The van der Waals surface area contributed by atoms with Gasteiger partial charge in [0, 0.05) is 60.8 Å². The molecule has 0 bridgehead atoms. The van der Waals surface area contributed by atoms with Gasteiger partial charge in [-0.05, 0) is 56.7 Å². The van der Waals surface area contributed by atoms with E-state index in [0.29, 0.717) is 23.5 Å². The Bertz CT molecular complexity index is 1660. The van der Waals surface area contributed by atoms with E-state index in [0.717, 1.165) is 64.9 Å². The fourth-order valence-electron chi connectivity index (χ4n) is 5.38. The molecule has 0 spiro atoms. The van der Waals surface area contributed by atoms with E-state index in [1.54, 1.807) is 24.7 Å². The van der Waals surface area contributed by atoms with Gasteiger partial charge in [-0.3, -0.25) is 29.6 Å². The molecule has 12 heteroatoms. The minimum atomic E-state index is -0.257. The number of rotatable bonds is 6. The predicted octanol–water partition coefficient (Wildman–Crippen LogP) is 3.76. The Morgan fingerprint density at radius 2 is 1.93 bits per heavy atom. The van der Waals surface area contributed by atoms with Crippen LogP contribution in [0.4, 0.5) is 5.69 Å². The molecule has 212 valence electrons. The molecule has 6 rings (SSSR count). The molecule has 5 heterocycles. The molecule has 12 nitrogen and oxygen atoms in total. The fraction of sp³-hybridized carbons (Fsp3) is 0.310. The van der Waals surface area contributed by atoms with Gasteiger partial charge in [0.05, 0.1) is 29.3 Å². The Morgan fingerprint density at radius 1 is 1.12 bits per heavy atom. The summed E-state index contributed by atoms with van der Waals surface area (Å²) in [5.41, 5.74) is 5.31. The highest BCUT2D eigenvalue weighted by molar-refractivity contribution is 6.08. The van der Waals surface area contributed by atoms with E-state index in [-0.39, 0.29) is 12.4 Å². The largest absolute Gasteiger partial charge is 0.483 e. The summed E-state index contributed by atoms with van der Waals surface area (Å²) in [5, 5.41) is 25.8. The molecule has 1 fully saturated rings. The Hall–Kier alpha value is -4.68. The van der Waals surface area contributed by atoms with Crippen molar-refractivity contribution in [3.63, 3.8) is 0 Å². The SMILES string of the molecule is CC(C)N1CCN(Cc2cccc(C(=O)Nc3cc(-c4cnc5[nH]ncc5c4)cc4[nH]ncc34)n2)CC1C.O=CO. The zero-order valence-corrected chi connectivity index (χ0v) is 23.2. The smallest absolute Gasteiger partial charge is 0.290 e. The van der Waals surface area contributed by atoms with Crippen LogP contribution >= 0.6 is 0 Å². The van der Waals surface area contributed by atoms with E-state index in [2.05, 4.69) is 61.3 Å². The third-order valence-corrected chi connectivity index (χ3v) is 7.28. The molecular weight excluding hydrogens is 522 g/mol. The molecule has 5 aromatic rings. The highest BCUT2D eigenvalue weighted by Gasteiger charge is 2.25. The molecule has 0 radical (unpaired) electrons. The van der Waals surface area contributed by atoms with E-state index < -0.39 is 0 Å². The number of anilines is 1. The number of fused-ring (bicyclic) bond motifs is 2. The highest BCUT2D eigenvalue weighted by atomic mass is 16.3. The first-order valence-electron chi connectivity index (χ1n) is 13.5. The number of carboxylic acid groups (broad SMARTS) is 1. The predicted molar refractivity (Wildman–Crippen MR) is 156 cm³/mol. The maximum atomic E-state index is 13.3. The molecule has 1 atom stereocenters. The van der Waals surface area contributed by atoms with Gasteiger partial charge in [0.25, 0.3) is 12.4 Å². The molecule has 0 saturated carbocycles. The number of aromatic amines is 2. The van der Waals surface area contributed by atoms with Crippen molar-refractivity contribution in [1.82, 2.24) is 40.2 Å². The zero-order chi connectivity index (χ0) is 28.9. The standard InChI is InChI=1S/C28H31N9O.CH2O2/c1-17(2)37-8-7-36(15-18(37)3)16-22-5-4-6-24(32-22)28(38)33-25-10-19(11-26-23(25)14-31-34-26)20-9-21-13-30-35-27(21)29-12-20;2-1-3/h4-6,9-14,17-18H,7-8,15-16H2,1-3H3,(H,31,34)(H,33,38)(H,29,30,35);1H,(H,2,3). The lowest BCUT2D eigenvalue weighted by molar-refractivity contribution is -0.122. The summed E-state index contributed by atoms with van der Waals surface area (Å²) in [4.78, 5) is 35.8. The number of hydrogen-bond donors (Lipinski definition) is 4. The number of amides is 1. The van der Waals surface area contributed by atoms with E-state index in [1.165, 1.54) is 0 Å². The van der Waals surface area contributed by atoms with Crippen LogP contribution in [0.2, 0.25) is 0 Å². The van der Waals surface area contributed by atoms with Crippen LogP contribution in [0.3, 0.4) is 0 Å². The molecule has 1 unspecified atom stereocenters. The first-order chi connectivity index (χ1) is 19.9. The molecule has 1 amide bonds. The topological polar surface area (TPSA) is 156 Å². The summed E-state index contributed by atoms with van der Waals surface area (Å²) in [7, 11) is 0. The lowest BCUT2D eigenvalue weighted by Crippen LogP contribution is -2.53. The maximum absolute atomic E-state index is 13.3. The van der Waals surface area contributed by atoms with Gasteiger partial charge in [0.2, 0.25) is 0 Å². The van der Waals surface area contributed by atoms with Crippen LogP contribution in [0.1, 0.15) is 37.0 Å². The minimum Gasteiger partial charge on any atom is -0.483 e. The van der Waals surface area contributed by atoms with Crippen molar-refractivity contribution in [3.8, 4) is 11.1 Å². The molecule has 0 aliphatic carbocycles. The number of carbonyl (C=O) groups excluding carboxylic acids is 1. The average molecular weight is 556 g/mol. The third-order valence-electron chi connectivity index (χ3n) is 7.28. The molecule has 4 aromatic heterocycles. The van der Waals surface area contributed by atoms with Gasteiger partial charge in [-0.1, -0.05) is 6.07 Å². The van der Waals surface area contributed by atoms with Gasteiger partial charge < -0.3 is 10.4 Å². The average Bonchev–Trinajstić information content (AvgIpc) is 3.63. The van der Waals surface area contributed by atoms with E-state index in [1.807, 2.05) is 30.3 Å². The fourth-order valence-corrected chi connectivity index (χ4v) is 5.38. The van der Waals surface area contributed by atoms with Crippen LogP contribution in [-0.2, 0) is 11.3 Å². The van der Waals surface area contributed by atoms with Crippen LogP contribution in [-0.4, -0.2) is 89.4 Å².